The molecule has 0 aliphatic rings. The Labute approximate surface area is 133 Å². The fourth-order valence-corrected chi connectivity index (χ4v) is 2.32. The SMILES string of the molecule is Cc1cc(Br)cc(/C=C/C(=O)O)c1OCCOC(C)(C)C. The molecule has 0 unspecified atom stereocenters. The van der Waals surface area contributed by atoms with E-state index in [2.05, 4.69) is 15.9 Å². The van der Waals surface area contributed by atoms with E-state index in [9.17, 15) is 4.79 Å². The van der Waals surface area contributed by atoms with Crippen LogP contribution in [0.2, 0.25) is 0 Å². The Morgan fingerprint density at radius 2 is 2.00 bits per heavy atom. The van der Waals surface area contributed by atoms with Crippen molar-refractivity contribution in [2.45, 2.75) is 33.3 Å². The summed E-state index contributed by atoms with van der Waals surface area (Å²) in [7, 11) is 0. The summed E-state index contributed by atoms with van der Waals surface area (Å²) in [5, 5.41) is 8.75. The number of halogens is 1. The first-order chi connectivity index (χ1) is 9.69. The third-order valence-electron chi connectivity index (χ3n) is 2.54. The van der Waals surface area contributed by atoms with Gasteiger partial charge in [0.25, 0.3) is 0 Å². The Morgan fingerprint density at radius 3 is 2.57 bits per heavy atom. The van der Waals surface area contributed by atoms with Crippen LogP contribution in [0.15, 0.2) is 22.7 Å². The summed E-state index contributed by atoms with van der Waals surface area (Å²) >= 11 is 3.40. The van der Waals surface area contributed by atoms with Gasteiger partial charge >= 0.3 is 5.97 Å². The number of ether oxygens (including phenoxy) is 2. The average molecular weight is 357 g/mol. The molecule has 0 amide bonds. The van der Waals surface area contributed by atoms with Crippen molar-refractivity contribution in [3.05, 3.63) is 33.8 Å². The summed E-state index contributed by atoms with van der Waals surface area (Å²) in [4.78, 5) is 10.7. The van der Waals surface area contributed by atoms with Crippen molar-refractivity contribution < 1.29 is 19.4 Å². The molecule has 1 aromatic carbocycles. The summed E-state index contributed by atoms with van der Waals surface area (Å²) < 4.78 is 12.2. The molecular formula is C16H21BrO4. The molecule has 5 heteroatoms. The molecule has 0 bridgehead atoms. The first-order valence-electron chi connectivity index (χ1n) is 6.67. The number of hydrogen-bond donors (Lipinski definition) is 1. The number of aliphatic carboxylic acids is 1. The van der Waals surface area contributed by atoms with Gasteiger partial charge in [0.2, 0.25) is 0 Å². The van der Waals surface area contributed by atoms with Crippen LogP contribution >= 0.6 is 15.9 Å². The summed E-state index contributed by atoms with van der Waals surface area (Å²) in [5.41, 5.74) is 1.45. The molecule has 0 saturated carbocycles. The van der Waals surface area contributed by atoms with Gasteiger partial charge in [0.15, 0.2) is 0 Å². The molecule has 0 saturated heterocycles. The van der Waals surface area contributed by atoms with E-state index < -0.39 is 5.97 Å². The number of carbonyl (C=O) groups is 1. The molecule has 0 radical (unpaired) electrons. The van der Waals surface area contributed by atoms with Gasteiger partial charge in [0.1, 0.15) is 12.4 Å². The average Bonchev–Trinajstić information content (AvgIpc) is 2.32. The lowest BCUT2D eigenvalue weighted by Gasteiger charge is -2.20. The molecule has 116 valence electrons. The van der Waals surface area contributed by atoms with E-state index in [1.54, 1.807) is 0 Å². The zero-order valence-corrected chi connectivity index (χ0v) is 14.4. The van der Waals surface area contributed by atoms with Gasteiger partial charge in [-0.3, -0.25) is 0 Å². The number of benzene rings is 1. The van der Waals surface area contributed by atoms with Crippen molar-refractivity contribution in [1.82, 2.24) is 0 Å². The zero-order valence-electron chi connectivity index (χ0n) is 12.8. The van der Waals surface area contributed by atoms with E-state index in [-0.39, 0.29) is 5.60 Å². The second kappa shape index (κ2) is 7.61. The van der Waals surface area contributed by atoms with Gasteiger partial charge in [-0.2, -0.15) is 0 Å². The lowest BCUT2D eigenvalue weighted by molar-refractivity contribution is -0.131. The summed E-state index contributed by atoms with van der Waals surface area (Å²) in [6.07, 6.45) is 2.62. The van der Waals surface area contributed by atoms with Gasteiger partial charge in [0, 0.05) is 16.1 Å². The van der Waals surface area contributed by atoms with Gasteiger partial charge < -0.3 is 14.6 Å². The molecule has 21 heavy (non-hydrogen) atoms. The third-order valence-corrected chi connectivity index (χ3v) is 3.00. The Morgan fingerprint density at radius 1 is 1.33 bits per heavy atom. The molecule has 0 aliphatic heterocycles. The quantitative estimate of drug-likeness (QED) is 0.617. The minimum atomic E-state index is -0.991. The molecule has 1 rings (SSSR count). The number of carboxylic acid groups (broad SMARTS) is 1. The van der Waals surface area contributed by atoms with Crippen molar-refractivity contribution >= 4 is 28.0 Å². The minimum Gasteiger partial charge on any atom is -0.490 e. The molecule has 1 N–H and O–H groups in total. The Bertz CT molecular complexity index is 530. The van der Waals surface area contributed by atoms with Crippen LogP contribution in [0.5, 0.6) is 5.75 Å². The Kier molecular flexibility index (Phi) is 6.42. The van der Waals surface area contributed by atoms with E-state index in [1.807, 2.05) is 39.8 Å². The van der Waals surface area contributed by atoms with Crippen molar-refractivity contribution in [2.75, 3.05) is 13.2 Å². The fraction of sp³-hybridized carbons (Fsp3) is 0.438. The third kappa shape index (κ3) is 6.78. The van der Waals surface area contributed by atoms with Crippen LogP contribution in [-0.2, 0) is 9.53 Å². The molecule has 1 aromatic rings. The van der Waals surface area contributed by atoms with Crippen molar-refractivity contribution in [2.24, 2.45) is 0 Å². The number of aryl methyl sites for hydroxylation is 1. The molecular weight excluding hydrogens is 336 g/mol. The topological polar surface area (TPSA) is 55.8 Å². The van der Waals surface area contributed by atoms with Crippen LogP contribution in [-0.4, -0.2) is 29.9 Å². The standard InChI is InChI=1S/C16H21BrO4/c1-11-9-13(17)10-12(5-6-14(18)19)15(11)20-7-8-21-16(2,3)4/h5-6,9-10H,7-8H2,1-4H3,(H,18,19)/b6-5+. The lowest BCUT2D eigenvalue weighted by Crippen LogP contribution is -2.22. The van der Waals surface area contributed by atoms with E-state index in [0.717, 1.165) is 21.7 Å². The first kappa shape index (κ1) is 17.7. The van der Waals surface area contributed by atoms with Gasteiger partial charge in [-0.25, -0.2) is 4.79 Å². The Balaban J connectivity index is 2.82. The molecule has 0 heterocycles. The number of hydrogen-bond acceptors (Lipinski definition) is 3. The number of carboxylic acids is 1. The van der Waals surface area contributed by atoms with Crippen molar-refractivity contribution in [3.8, 4) is 5.75 Å². The van der Waals surface area contributed by atoms with Crippen LogP contribution in [0.3, 0.4) is 0 Å². The predicted molar refractivity (Wildman–Crippen MR) is 86.7 cm³/mol. The maximum Gasteiger partial charge on any atom is 0.328 e. The van der Waals surface area contributed by atoms with Gasteiger partial charge in [-0.15, -0.1) is 0 Å². The van der Waals surface area contributed by atoms with Crippen LogP contribution in [0.1, 0.15) is 31.9 Å². The summed E-state index contributed by atoms with van der Waals surface area (Å²) in [5.74, 6) is -0.317. The highest BCUT2D eigenvalue weighted by molar-refractivity contribution is 9.10. The minimum absolute atomic E-state index is 0.204. The lowest BCUT2D eigenvalue weighted by atomic mass is 10.1. The van der Waals surface area contributed by atoms with Crippen LogP contribution in [0, 0.1) is 6.92 Å². The molecule has 0 aromatic heterocycles. The first-order valence-corrected chi connectivity index (χ1v) is 7.46. The van der Waals surface area contributed by atoms with E-state index in [0.29, 0.717) is 19.0 Å². The predicted octanol–water partition coefficient (Wildman–Crippen LogP) is 4.05. The van der Waals surface area contributed by atoms with Gasteiger partial charge in [-0.05, 0) is 51.5 Å². The zero-order chi connectivity index (χ0) is 16.0. The molecule has 0 aliphatic carbocycles. The largest absolute Gasteiger partial charge is 0.490 e. The highest BCUT2D eigenvalue weighted by Crippen LogP contribution is 2.29. The highest BCUT2D eigenvalue weighted by Gasteiger charge is 2.11. The van der Waals surface area contributed by atoms with Gasteiger partial charge in [-0.1, -0.05) is 15.9 Å². The number of rotatable bonds is 6. The van der Waals surface area contributed by atoms with E-state index in [1.165, 1.54) is 6.08 Å². The second-order valence-electron chi connectivity index (χ2n) is 5.62. The van der Waals surface area contributed by atoms with Crippen LogP contribution in [0.4, 0.5) is 0 Å². The maximum atomic E-state index is 10.7. The maximum absolute atomic E-state index is 10.7. The molecule has 0 spiro atoms. The normalized spacial score (nSPS) is 11.9. The fourth-order valence-electron chi connectivity index (χ4n) is 1.73. The second-order valence-corrected chi connectivity index (χ2v) is 6.54. The molecule has 0 atom stereocenters. The van der Waals surface area contributed by atoms with E-state index in [4.69, 9.17) is 14.6 Å². The molecule has 4 nitrogen and oxygen atoms in total. The summed E-state index contributed by atoms with van der Waals surface area (Å²) in [6.45, 7) is 8.76. The van der Waals surface area contributed by atoms with Crippen LogP contribution < -0.4 is 4.74 Å². The Hall–Kier alpha value is -1.33. The van der Waals surface area contributed by atoms with Crippen molar-refractivity contribution in [1.29, 1.82) is 0 Å². The summed E-state index contributed by atoms with van der Waals surface area (Å²) in [6, 6.07) is 3.75. The monoisotopic (exact) mass is 356 g/mol. The molecule has 0 fully saturated rings. The van der Waals surface area contributed by atoms with Crippen molar-refractivity contribution in [3.63, 3.8) is 0 Å². The highest BCUT2D eigenvalue weighted by atomic mass is 79.9. The van der Waals surface area contributed by atoms with Crippen LogP contribution in [0.25, 0.3) is 6.08 Å². The smallest absolute Gasteiger partial charge is 0.328 e. The van der Waals surface area contributed by atoms with E-state index >= 15 is 0 Å². The van der Waals surface area contributed by atoms with Gasteiger partial charge in [0.05, 0.1) is 12.2 Å².